The molecule has 1 aromatic heterocycles. The molecule has 0 saturated heterocycles. The van der Waals surface area contributed by atoms with Gasteiger partial charge in [-0.2, -0.15) is 0 Å². The van der Waals surface area contributed by atoms with Gasteiger partial charge in [-0.3, -0.25) is 9.36 Å². The van der Waals surface area contributed by atoms with Gasteiger partial charge in [0.15, 0.2) is 0 Å². The van der Waals surface area contributed by atoms with Crippen LogP contribution in [0.15, 0.2) is 33.5 Å². The Hall–Kier alpha value is -1.20. The normalized spacial score (nSPS) is 11.1. The Morgan fingerprint density at radius 2 is 2.15 bits per heavy atom. The van der Waals surface area contributed by atoms with E-state index < -0.39 is 0 Å². The van der Waals surface area contributed by atoms with E-state index in [1.54, 1.807) is 12.1 Å². The van der Waals surface area contributed by atoms with Crippen molar-refractivity contribution < 1.29 is 4.39 Å². The zero-order valence-corrected chi connectivity index (χ0v) is 13.4. The van der Waals surface area contributed by atoms with Crippen LogP contribution < -0.4 is 5.56 Å². The molecule has 3 nitrogen and oxygen atoms in total. The molecule has 0 bridgehead atoms. The van der Waals surface area contributed by atoms with E-state index in [0.29, 0.717) is 15.9 Å². The lowest BCUT2D eigenvalue weighted by atomic mass is 10.1. The van der Waals surface area contributed by atoms with Crippen molar-refractivity contribution >= 4 is 27.5 Å². The highest BCUT2D eigenvalue weighted by molar-refractivity contribution is 9.10. The molecule has 1 aromatic carbocycles. The Morgan fingerprint density at radius 3 is 2.80 bits per heavy atom. The zero-order valence-electron chi connectivity index (χ0n) is 11.0. The average Bonchev–Trinajstić information content (AvgIpc) is 2.37. The topological polar surface area (TPSA) is 34.9 Å². The van der Waals surface area contributed by atoms with E-state index in [2.05, 4.69) is 20.9 Å². The predicted molar refractivity (Wildman–Crippen MR) is 80.8 cm³/mol. The van der Waals surface area contributed by atoms with Gasteiger partial charge < -0.3 is 0 Å². The van der Waals surface area contributed by atoms with Gasteiger partial charge >= 0.3 is 0 Å². The van der Waals surface area contributed by atoms with E-state index in [9.17, 15) is 9.18 Å². The van der Waals surface area contributed by atoms with Crippen molar-refractivity contribution in [3.05, 3.63) is 61.5 Å². The zero-order chi connectivity index (χ0) is 14.9. The summed E-state index contributed by atoms with van der Waals surface area (Å²) >= 11 is 9.03. The lowest BCUT2D eigenvalue weighted by Gasteiger charge is -2.15. The van der Waals surface area contributed by atoms with Gasteiger partial charge in [0, 0.05) is 12.0 Å². The minimum Gasteiger partial charge on any atom is -0.292 e. The molecule has 0 amide bonds. The Kier molecular flexibility index (Phi) is 4.60. The largest absolute Gasteiger partial charge is 0.292 e. The summed E-state index contributed by atoms with van der Waals surface area (Å²) < 4.78 is 15.4. The van der Waals surface area contributed by atoms with E-state index in [1.807, 2.05) is 13.8 Å². The second-order valence-corrected chi connectivity index (χ2v) is 5.91. The van der Waals surface area contributed by atoms with Crippen LogP contribution in [0.2, 0.25) is 5.15 Å². The maximum absolute atomic E-state index is 13.5. The quantitative estimate of drug-likeness (QED) is 0.777. The minimum atomic E-state index is -0.358. The first kappa shape index (κ1) is 15.2. The van der Waals surface area contributed by atoms with Crippen molar-refractivity contribution in [3.8, 4) is 0 Å². The fourth-order valence-electron chi connectivity index (χ4n) is 1.94. The highest BCUT2D eigenvalue weighted by Crippen LogP contribution is 2.22. The summed E-state index contributed by atoms with van der Waals surface area (Å²) in [6.07, 6.45) is 0. The van der Waals surface area contributed by atoms with E-state index >= 15 is 0 Å². The molecule has 1 heterocycles. The van der Waals surface area contributed by atoms with Gasteiger partial charge in [0.1, 0.15) is 16.8 Å². The summed E-state index contributed by atoms with van der Waals surface area (Å²) in [6.45, 7) is 4.10. The van der Waals surface area contributed by atoms with Crippen LogP contribution in [0.3, 0.4) is 0 Å². The summed E-state index contributed by atoms with van der Waals surface area (Å²) in [4.78, 5) is 16.3. The number of nitrogens with zero attached hydrogens (tertiary/aromatic N) is 2. The summed E-state index contributed by atoms with van der Waals surface area (Å²) in [5, 5.41) is 0.174. The van der Waals surface area contributed by atoms with Crippen LogP contribution in [-0.2, 0) is 6.54 Å². The van der Waals surface area contributed by atoms with Crippen LogP contribution in [0.1, 0.15) is 31.2 Å². The first-order valence-corrected chi connectivity index (χ1v) is 7.27. The molecular formula is C14H13BrClFN2O. The summed E-state index contributed by atoms with van der Waals surface area (Å²) in [5.74, 6) is 0.260. The summed E-state index contributed by atoms with van der Waals surface area (Å²) in [6, 6.07) is 6.00. The van der Waals surface area contributed by atoms with E-state index in [-0.39, 0.29) is 29.0 Å². The Bertz CT molecular complexity index is 700. The average molecular weight is 360 g/mol. The molecule has 0 aliphatic carbocycles. The van der Waals surface area contributed by atoms with Crippen molar-refractivity contribution in [1.29, 1.82) is 0 Å². The lowest BCUT2D eigenvalue weighted by Crippen LogP contribution is -2.26. The van der Waals surface area contributed by atoms with Gasteiger partial charge in [0.2, 0.25) is 0 Å². The number of halogens is 3. The highest BCUT2D eigenvalue weighted by atomic mass is 79.9. The Labute approximate surface area is 129 Å². The number of aromatic nitrogens is 2. The summed E-state index contributed by atoms with van der Waals surface area (Å²) in [5.41, 5.74) is 0.433. The van der Waals surface area contributed by atoms with Crippen molar-refractivity contribution in [2.75, 3.05) is 0 Å². The lowest BCUT2D eigenvalue weighted by molar-refractivity contribution is 0.601. The van der Waals surface area contributed by atoms with Gasteiger partial charge in [-0.25, -0.2) is 9.37 Å². The number of benzene rings is 1. The summed E-state index contributed by atoms with van der Waals surface area (Å²) in [7, 11) is 0. The molecule has 20 heavy (non-hydrogen) atoms. The second-order valence-electron chi connectivity index (χ2n) is 4.73. The van der Waals surface area contributed by atoms with Crippen LogP contribution in [0.4, 0.5) is 4.39 Å². The maximum Gasteiger partial charge on any atom is 0.255 e. The van der Waals surface area contributed by atoms with Crippen molar-refractivity contribution in [2.24, 2.45) is 0 Å². The molecule has 0 unspecified atom stereocenters. The number of hydrogen-bond donors (Lipinski definition) is 0. The van der Waals surface area contributed by atoms with Crippen molar-refractivity contribution in [3.63, 3.8) is 0 Å². The monoisotopic (exact) mass is 358 g/mol. The third kappa shape index (κ3) is 3.10. The molecule has 0 fully saturated rings. The van der Waals surface area contributed by atoms with Gasteiger partial charge in [-0.1, -0.05) is 37.6 Å². The third-order valence-electron chi connectivity index (χ3n) is 2.88. The van der Waals surface area contributed by atoms with Gasteiger partial charge in [0.25, 0.3) is 5.56 Å². The van der Waals surface area contributed by atoms with Gasteiger partial charge in [-0.05, 0) is 27.6 Å². The van der Waals surface area contributed by atoms with Crippen molar-refractivity contribution in [1.82, 2.24) is 9.55 Å². The van der Waals surface area contributed by atoms with Crippen LogP contribution in [0.5, 0.6) is 0 Å². The van der Waals surface area contributed by atoms with E-state index in [4.69, 9.17) is 11.6 Å². The molecule has 6 heteroatoms. The Morgan fingerprint density at radius 1 is 1.45 bits per heavy atom. The van der Waals surface area contributed by atoms with E-state index in [1.165, 1.54) is 16.7 Å². The Balaban J connectivity index is 2.53. The van der Waals surface area contributed by atoms with Gasteiger partial charge in [-0.15, -0.1) is 0 Å². The predicted octanol–water partition coefficient (Wildman–Crippen LogP) is 3.97. The van der Waals surface area contributed by atoms with Gasteiger partial charge in [0.05, 0.1) is 11.0 Å². The van der Waals surface area contributed by atoms with Crippen LogP contribution >= 0.6 is 27.5 Å². The molecule has 0 radical (unpaired) electrons. The molecule has 0 N–H and O–H groups in total. The molecule has 0 spiro atoms. The molecule has 0 atom stereocenters. The van der Waals surface area contributed by atoms with Crippen LogP contribution in [0.25, 0.3) is 0 Å². The molecule has 2 rings (SSSR count). The minimum absolute atomic E-state index is 0.0359. The maximum atomic E-state index is 13.5. The van der Waals surface area contributed by atoms with Crippen molar-refractivity contribution in [2.45, 2.75) is 26.3 Å². The molecular weight excluding hydrogens is 347 g/mol. The molecule has 2 aromatic rings. The second kappa shape index (κ2) is 6.06. The molecule has 106 valence electrons. The van der Waals surface area contributed by atoms with Crippen LogP contribution in [0, 0.1) is 5.82 Å². The highest BCUT2D eigenvalue weighted by Gasteiger charge is 2.14. The smallest absolute Gasteiger partial charge is 0.255 e. The van der Waals surface area contributed by atoms with E-state index in [0.717, 1.165) is 0 Å². The molecule has 0 aliphatic rings. The number of hydrogen-bond acceptors (Lipinski definition) is 2. The fraction of sp³-hybridized carbons (Fsp3) is 0.286. The first-order valence-electron chi connectivity index (χ1n) is 6.10. The SMILES string of the molecule is CC(C)c1nc(Cl)cc(=O)n1Cc1cccc(F)c1Br. The number of rotatable bonds is 3. The molecule has 0 saturated carbocycles. The standard InChI is InChI=1S/C14H13BrClFN2O/c1-8(2)14-18-11(16)6-12(20)19(14)7-9-4-3-5-10(17)13(9)15/h3-6,8H,7H2,1-2H3. The van der Waals surface area contributed by atoms with Crippen LogP contribution in [-0.4, -0.2) is 9.55 Å². The first-order chi connectivity index (χ1) is 9.40. The third-order valence-corrected chi connectivity index (χ3v) is 3.96. The fourth-order valence-corrected chi connectivity index (χ4v) is 2.51. The molecule has 0 aliphatic heterocycles.